The molecule has 4 saturated heterocycles. The molecular formula is C29H38O7. The van der Waals surface area contributed by atoms with E-state index < -0.39 is 34.6 Å². The van der Waals surface area contributed by atoms with Crippen molar-refractivity contribution in [3.05, 3.63) is 23.5 Å². The maximum atomic E-state index is 14.4. The van der Waals surface area contributed by atoms with Gasteiger partial charge in [-0.25, -0.2) is 0 Å². The van der Waals surface area contributed by atoms with Crippen LogP contribution in [0.25, 0.3) is 0 Å². The Labute approximate surface area is 212 Å². The Hall–Kier alpha value is -1.25. The number of fused-ring (bicyclic) bond motifs is 2. The fraction of sp³-hybridized carbons (Fsp3) is 0.828. The van der Waals surface area contributed by atoms with Crippen LogP contribution in [0.15, 0.2) is 23.5 Å². The number of ether oxygens (including phenoxy) is 5. The van der Waals surface area contributed by atoms with Gasteiger partial charge in [0.15, 0.2) is 11.6 Å². The minimum atomic E-state index is -1.46. The van der Waals surface area contributed by atoms with Crippen LogP contribution in [0.1, 0.15) is 66.2 Å². The van der Waals surface area contributed by atoms with E-state index in [9.17, 15) is 9.90 Å². The Bertz CT molecular complexity index is 1120. The first-order valence-electron chi connectivity index (χ1n) is 13.9. The lowest BCUT2D eigenvalue weighted by atomic mass is 9.36. The fourth-order valence-corrected chi connectivity index (χ4v) is 10.7. The van der Waals surface area contributed by atoms with Crippen LogP contribution in [0.4, 0.5) is 0 Å². The SMILES string of the molecule is C=C1C(=O)[C@@]23[C@@H]4OC(C)(C)O[C@]25OC[C@]2(C6=C(C[C@H]7CCCO[C@H]7O6)CC(C)(C)[C@H]2[C@@H]5O)[C@@H]3CC[C@@H]14. The summed E-state index contributed by atoms with van der Waals surface area (Å²) < 4.78 is 33.0. The van der Waals surface area contributed by atoms with Crippen LogP contribution in [-0.2, 0) is 28.5 Å². The van der Waals surface area contributed by atoms with Crippen molar-refractivity contribution in [3.8, 4) is 0 Å². The van der Waals surface area contributed by atoms with Gasteiger partial charge in [-0.1, -0.05) is 20.4 Å². The van der Waals surface area contributed by atoms with Crippen LogP contribution in [0.3, 0.4) is 0 Å². The van der Waals surface area contributed by atoms with Crippen molar-refractivity contribution in [1.29, 1.82) is 0 Å². The van der Waals surface area contributed by atoms with Crippen LogP contribution >= 0.6 is 0 Å². The van der Waals surface area contributed by atoms with Crippen molar-refractivity contribution in [2.45, 2.75) is 96.3 Å². The van der Waals surface area contributed by atoms with E-state index in [2.05, 4.69) is 20.4 Å². The van der Waals surface area contributed by atoms with Crippen LogP contribution in [0.5, 0.6) is 0 Å². The number of carbonyl (C=O) groups is 1. The molecule has 0 aromatic rings. The standard InChI is InChI=1S/C29H38O7/c1-14-17-8-9-18-27-13-33-29(28(18,20(14)30)23(17)35-26(4,5)36-29)21(31)19(27)25(2,3)12-16-11-15-7-6-10-32-24(15)34-22(16)27/h15,17-19,21,23-24,31H,1,6-13H2,2-5H3/t15-,17+,18+,19-,21+,23-,24+,27+,28+,29+/m1/s1. The van der Waals surface area contributed by atoms with Crippen LogP contribution in [0.2, 0.25) is 0 Å². The predicted octanol–water partition coefficient (Wildman–Crippen LogP) is 3.85. The molecule has 0 radical (unpaired) electrons. The molecule has 5 heterocycles. The highest BCUT2D eigenvalue weighted by molar-refractivity contribution is 6.05. The van der Waals surface area contributed by atoms with Gasteiger partial charge >= 0.3 is 0 Å². The highest BCUT2D eigenvalue weighted by Crippen LogP contribution is 2.80. The fourth-order valence-electron chi connectivity index (χ4n) is 10.7. The minimum absolute atomic E-state index is 0.0415. The number of aliphatic hydroxyl groups excluding tert-OH is 1. The van der Waals surface area contributed by atoms with Crippen molar-refractivity contribution in [2.75, 3.05) is 13.2 Å². The Morgan fingerprint density at radius 1 is 1.11 bits per heavy atom. The van der Waals surface area contributed by atoms with Gasteiger partial charge in [0.25, 0.3) is 0 Å². The molecular weight excluding hydrogens is 460 g/mol. The molecule has 36 heavy (non-hydrogen) atoms. The summed E-state index contributed by atoms with van der Waals surface area (Å²) in [6.07, 6.45) is 3.95. The van der Waals surface area contributed by atoms with Gasteiger partial charge in [-0.05, 0) is 74.9 Å². The van der Waals surface area contributed by atoms with Gasteiger partial charge in [0.05, 0.1) is 24.7 Å². The van der Waals surface area contributed by atoms with E-state index in [1.807, 2.05) is 13.8 Å². The van der Waals surface area contributed by atoms with E-state index in [1.54, 1.807) is 0 Å². The molecule has 5 aliphatic heterocycles. The molecule has 0 unspecified atom stereocenters. The average molecular weight is 499 g/mol. The number of Topliss-reactive ketones (excluding diaryl/α,β-unsaturated/α-hetero) is 1. The lowest BCUT2D eigenvalue weighted by Gasteiger charge is -2.77. The number of carbonyl (C=O) groups excluding carboxylic acids is 1. The number of hydrogen-bond acceptors (Lipinski definition) is 7. The van der Waals surface area contributed by atoms with Crippen LogP contribution < -0.4 is 0 Å². The topological polar surface area (TPSA) is 83.5 Å². The van der Waals surface area contributed by atoms with Gasteiger partial charge in [-0.3, -0.25) is 4.79 Å². The van der Waals surface area contributed by atoms with Crippen molar-refractivity contribution >= 4 is 5.78 Å². The number of aliphatic hydroxyl groups is 1. The molecule has 7 heteroatoms. The summed E-state index contributed by atoms with van der Waals surface area (Å²) in [5.74, 6) is -1.58. The number of ketones is 1. The van der Waals surface area contributed by atoms with E-state index in [-0.39, 0.29) is 35.2 Å². The molecule has 196 valence electrons. The van der Waals surface area contributed by atoms with Gasteiger partial charge in [0.2, 0.25) is 12.1 Å². The van der Waals surface area contributed by atoms with E-state index in [0.29, 0.717) is 24.7 Å². The summed E-state index contributed by atoms with van der Waals surface area (Å²) in [6.45, 7) is 13.6. The highest BCUT2D eigenvalue weighted by Gasteiger charge is 2.90. The van der Waals surface area contributed by atoms with Gasteiger partial charge in [0, 0.05) is 17.8 Å². The molecule has 0 aromatic carbocycles. The average Bonchev–Trinajstić information content (AvgIpc) is 2.93. The molecule has 4 aliphatic carbocycles. The van der Waals surface area contributed by atoms with E-state index in [4.69, 9.17) is 23.7 Å². The second kappa shape index (κ2) is 6.48. The molecule has 9 aliphatic rings. The summed E-state index contributed by atoms with van der Waals surface area (Å²) in [5, 5.41) is 12.4. The first kappa shape index (κ1) is 22.7. The van der Waals surface area contributed by atoms with Gasteiger partial charge in [0.1, 0.15) is 17.3 Å². The first-order chi connectivity index (χ1) is 17.0. The van der Waals surface area contributed by atoms with Crippen molar-refractivity contribution < 1.29 is 33.6 Å². The molecule has 3 spiro atoms. The largest absolute Gasteiger partial charge is 0.468 e. The highest BCUT2D eigenvalue weighted by atomic mass is 16.8. The molecule has 1 N–H and O–H groups in total. The van der Waals surface area contributed by atoms with Gasteiger partial charge < -0.3 is 28.8 Å². The van der Waals surface area contributed by atoms with E-state index >= 15 is 0 Å². The molecule has 0 amide bonds. The minimum Gasteiger partial charge on any atom is -0.468 e. The second-order valence-corrected chi connectivity index (χ2v) is 14.0. The van der Waals surface area contributed by atoms with Crippen molar-refractivity contribution in [2.24, 2.45) is 39.9 Å². The smallest absolute Gasteiger partial charge is 0.213 e. The van der Waals surface area contributed by atoms with Crippen LogP contribution in [-0.4, -0.2) is 54.2 Å². The summed E-state index contributed by atoms with van der Waals surface area (Å²) in [5.41, 5.74) is -0.0639. The Morgan fingerprint density at radius 2 is 1.92 bits per heavy atom. The van der Waals surface area contributed by atoms with E-state index in [0.717, 1.165) is 44.3 Å². The molecule has 0 aromatic heterocycles. The Balaban J connectivity index is 1.40. The number of hydrogen-bond donors (Lipinski definition) is 1. The number of rotatable bonds is 0. The Morgan fingerprint density at radius 3 is 2.72 bits per heavy atom. The summed E-state index contributed by atoms with van der Waals surface area (Å²) in [4.78, 5) is 14.4. The molecule has 7 nitrogen and oxygen atoms in total. The number of allylic oxidation sites excluding steroid dienone is 1. The second-order valence-electron chi connectivity index (χ2n) is 14.0. The van der Waals surface area contributed by atoms with Gasteiger partial charge in [-0.2, -0.15) is 0 Å². The maximum absolute atomic E-state index is 14.4. The lowest BCUT2D eigenvalue weighted by molar-refractivity contribution is -0.527. The zero-order valence-corrected chi connectivity index (χ0v) is 21.8. The zero-order valence-electron chi connectivity index (χ0n) is 21.8. The maximum Gasteiger partial charge on any atom is 0.213 e. The Kier molecular flexibility index (Phi) is 4.09. The first-order valence-corrected chi connectivity index (χ1v) is 13.9. The molecule has 4 bridgehead atoms. The van der Waals surface area contributed by atoms with E-state index in [1.165, 1.54) is 5.57 Å². The molecule has 10 atom stereocenters. The predicted molar refractivity (Wildman–Crippen MR) is 127 cm³/mol. The van der Waals surface area contributed by atoms with Crippen molar-refractivity contribution in [1.82, 2.24) is 0 Å². The monoisotopic (exact) mass is 498 g/mol. The zero-order chi connectivity index (χ0) is 25.0. The normalized spacial score (nSPS) is 55.3. The van der Waals surface area contributed by atoms with Crippen molar-refractivity contribution in [3.63, 3.8) is 0 Å². The third-order valence-corrected chi connectivity index (χ3v) is 11.4. The molecule has 7 fully saturated rings. The van der Waals surface area contributed by atoms with Crippen LogP contribution in [0, 0.1) is 39.9 Å². The molecule has 9 rings (SSSR count). The quantitative estimate of drug-likeness (QED) is 0.508. The van der Waals surface area contributed by atoms with Gasteiger partial charge in [-0.15, -0.1) is 0 Å². The molecule has 3 saturated carbocycles. The lowest BCUT2D eigenvalue weighted by Crippen LogP contribution is -2.87. The summed E-state index contributed by atoms with van der Waals surface area (Å²) in [7, 11) is 0. The third kappa shape index (κ3) is 2.19. The summed E-state index contributed by atoms with van der Waals surface area (Å²) >= 11 is 0. The third-order valence-electron chi connectivity index (χ3n) is 11.4. The summed E-state index contributed by atoms with van der Waals surface area (Å²) in [6, 6.07) is 0.